The van der Waals surface area contributed by atoms with Crippen LogP contribution in [0, 0.1) is 0 Å². The number of nitrogens with zero attached hydrogens (tertiary/aromatic N) is 1. The third-order valence-corrected chi connectivity index (χ3v) is 10.8. The summed E-state index contributed by atoms with van der Waals surface area (Å²) in [5.41, 5.74) is 14.2. The first-order chi connectivity index (χ1) is 28.1. The second-order valence-corrected chi connectivity index (χ2v) is 14.2. The first-order valence-electron chi connectivity index (χ1n) is 20.4. The molecule has 2 heteroatoms. The summed E-state index contributed by atoms with van der Waals surface area (Å²) < 4.78 is 49.3. The molecule has 2 nitrogen and oxygen atoms in total. The van der Waals surface area contributed by atoms with Crippen molar-refractivity contribution in [2.45, 2.75) is 19.3 Å². The third-order valence-electron chi connectivity index (χ3n) is 10.8. The minimum Gasteiger partial charge on any atom is -0.454 e. The van der Waals surface area contributed by atoms with Gasteiger partial charge in [-0.2, -0.15) is 0 Å². The van der Waals surface area contributed by atoms with Crippen molar-refractivity contribution in [2.24, 2.45) is 0 Å². The van der Waals surface area contributed by atoms with E-state index in [1.165, 1.54) is 22.3 Å². The van der Waals surface area contributed by atoms with Crippen LogP contribution in [0.1, 0.15) is 31.8 Å². The van der Waals surface area contributed by atoms with Crippen LogP contribution in [-0.4, -0.2) is 0 Å². The summed E-state index contributed by atoms with van der Waals surface area (Å²) in [4.78, 5) is 2.28. The Balaban J connectivity index is 1.17. The first kappa shape index (κ1) is 26.2. The summed E-state index contributed by atoms with van der Waals surface area (Å²) in [6.45, 7) is 4.59. The lowest BCUT2D eigenvalue weighted by atomic mass is 9.82. The van der Waals surface area contributed by atoms with Gasteiger partial charge in [-0.1, -0.05) is 159 Å². The predicted octanol–water partition coefficient (Wildman–Crippen LogP) is 14.2. The summed E-state index contributed by atoms with van der Waals surface area (Å²) in [7, 11) is 0. The van der Waals surface area contributed by atoms with Gasteiger partial charge in [-0.05, 0) is 98.1 Å². The Morgan fingerprint density at radius 2 is 1.08 bits per heavy atom. The van der Waals surface area contributed by atoms with E-state index in [1.54, 1.807) is 6.07 Å². The number of hydrogen-bond donors (Lipinski definition) is 0. The van der Waals surface area contributed by atoms with Crippen LogP contribution in [-0.2, 0) is 5.41 Å². The highest BCUT2D eigenvalue weighted by atomic mass is 16.5. The normalized spacial score (nSPS) is 14.3. The molecule has 10 rings (SSSR count). The Morgan fingerprint density at radius 1 is 0.453 bits per heavy atom. The van der Waals surface area contributed by atoms with Gasteiger partial charge < -0.3 is 9.64 Å². The lowest BCUT2D eigenvalue weighted by Crippen LogP contribution is -2.17. The molecule has 0 amide bonds. The molecule has 0 N–H and O–H groups in total. The van der Waals surface area contributed by atoms with Crippen LogP contribution in [0.2, 0.25) is 0 Å². The van der Waals surface area contributed by atoms with Crippen molar-refractivity contribution >= 4 is 17.1 Å². The molecular weight excluding hydrogens is 643 g/mol. The molecule has 0 radical (unpaired) electrons. The zero-order chi connectivity index (χ0) is 39.9. The molecule has 0 saturated carbocycles. The Hall–Kier alpha value is -6.64. The Kier molecular flexibility index (Phi) is 6.05. The van der Waals surface area contributed by atoms with Gasteiger partial charge in [0, 0.05) is 27.9 Å². The molecule has 252 valence electrons. The monoisotopic (exact) mass is 684 g/mol. The van der Waals surface area contributed by atoms with Gasteiger partial charge >= 0.3 is 0 Å². The van der Waals surface area contributed by atoms with Crippen LogP contribution in [0.3, 0.4) is 0 Å². The van der Waals surface area contributed by atoms with Gasteiger partial charge in [0.2, 0.25) is 0 Å². The lowest BCUT2D eigenvalue weighted by molar-refractivity contribution is 0.489. The van der Waals surface area contributed by atoms with Gasteiger partial charge in [0.1, 0.15) is 5.75 Å². The second-order valence-electron chi connectivity index (χ2n) is 14.2. The highest BCUT2D eigenvalue weighted by molar-refractivity contribution is 5.97. The van der Waals surface area contributed by atoms with Crippen LogP contribution in [0.5, 0.6) is 11.5 Å². The average molecular weight is 685 g/mol. The van der Waals surface area contributed by atoms with E-state index >= 15 is 0 Å². The average Bonchev–Trinajstić information content (AvgIpc) is 3.38. The number of ether oxygens (including phenoxy) is 1. The minimum absolute atomic E-state index is 0.153. The van der Waals surface area contributed by atoms with Crippen molar-refractivity contribution in [1.29, 1.82) is 0 Å². The summed E-state index contributed by atoms with van der Waals surface area (Å²) >= 11 is 0. The molecule has 8 aromatic carbocycles. The molecule has 2 aliphatic rings. The van der Waals surface area contributed by atoms with Gasteiger partial charge in [-0.3, -0.25) is 0 Å². The van der Waals surface area contributed by atoms with Crippen LogP contribution < -0.4 is 9.64 Å². The largest absolute Gasteiger partial charge is 0.454 e. The maximum Gasteiger partial charge on any atom is 0.159 e. The molecular formula is C51H37NO. The maximum atomic E-state index is 8.71. The molecule has 1 heterocycles. The molecule has 53 heavy (non-hydrogen) atoms. The quantitative estimate of drug-likeness (QED) is 0.179. The molecule has 0 atom stereocenters. The lowest BCUT2D eigenvalue weighted by Gasteiger charge is -2.30. The molecule has 0 aromatic heterocycles. The van der Waals surface area contributed by atoms with E-state index in [2.05, 4.69) is 134 Å². The van der Waals surface area contributed by atoms with Crippen molar-refractivity contribution < 1.29 is 11.6 Å². The standard InChI is InChI=1S/C51H37NO/c1-51(2)46-22-12-11-20-42(46)43-30-29-39(33-47(43)51)52(38-27-24-36(25-28-38)34-14-5-3-6-15-34)48-23-13-21-44-40-18-9-10-19-41(40)45-32-37(35-16-7-4-8-17-35)26-31-49(45)53-50(44)48/h3-33H,1-2H3/i4D,7D,8D,16D,17D. The highest BCUT2D eigenvalue weighted by Crippen LogP contribution is 2.55. The third kappa shape index (κ3) is 5.10. The molecule has 0 fully saturated rings. The van der Waals surface area contributed by atoms with E-state index in [9.17, 15) is 0 Å². The highest BCUT2D eigenvalue weighted by Gasteiger charge is 2.36. The van der Waals surface area contributed by atoms with Crippen LogP contribution >= 0.6 is 0 Å². The Morgan fingerprint density at radius 3 is 1.87 bits per heavy atom. The van der Waals surface area contributed by atoms with Gasteiger partial charge in [-0.15, -0.1) is 0 Å². The minimum atomic E-state index is -0.416. The fraction of sp³-hybridized carbons (Fsp3) is 0.0588. The molecule has 8 aromatic rings. The maximum absolute atomic E-state index is 8.71. The summed E-state index contributed by atoms with van der Waals surface area (Å²) in [6.07, 6.45) is 0. The number of fused-ring (bicyclic) bond motifs is 8. The van der Waals surface area contributed by atoms with Crippen LogP contribution in [0.4, 0.5) is 17.1 Å². The van der Waals surface area contributed by atoms with Gasteiger partial charge in [0.05, 0.1) is 12.5 Å². The Labute approximate surface area is 318 Å². The van der Waals surface area contributed by atoms with Crippen molar-refractivity contribution in [3.8, 4) is 67.1 Å². The molecule has 0 saturated heterocycles. The van der Waals surface area contributed by atoms with E-state index in [0.29, 0.717) is 17.1 Å². The van der Waals surface area contributed by atoms with Crippen molar-refractivity contribution in [1.82, 2.24) is 0 Å². The number of hydrogen-bond acceptors (Lipinski definition) is 2. The summed E-state index contributed by atoms with van der Waals surface area (Å²) in [5, 5.41) is 0. The van der Waals surface area contributed by atoms with Gasteiger partial charge in [0.15, 0.2) is 5.75 Å². The molecule has 0 spiro atoms. The van der Waals surface area contributed by atoms with E-state index in [1.807, 2.05) is 36.4 Å². The first-order valence-corrected chi connectivity index (χ1v) is 17.9. The zero-order valence-corrected chi connectivity index (χ0v) is 29.4. The molecule has 1 aliphatic heterocycles. The second kappa shape index (κ2) is 12.3. The van der Waals surface area contributed by atoms with Crippen LogP contribution in [0.25, 0.3) is 55.6 Å². The number of rotatable bonds is 5. The predicted molar refractivity (Wildman–Crippen MR) is 221 cm³/mol. The van der Waals surface area contributed by atoms with E-state index in [4.69, 9.17) is 11.6 Å². The summed E-state index contributed by atoms with van der Waals surface area (Å²) in [6, 6.07) is 52.8. The SMILES string of the molecule is [2H]c1c([2H])c([2H])c(-c2ccc3c(c2)-c2ccccc2-c2cccc(N(c4ccc(-c5ccccc5)cc4)c4ccc5c(c4)C(C)(C)c4ccccc4-5)c2O3)c([2H])c1[2H]. The van der Waals surface area contributed by atoms with Crippen molar-refractivity contribution in [3.63, 3.8) is 0 Å². The fourth-order valence-corrected chi connectivity index (χ4v) is 8.15. The van der Waals surface area contributed by atoms with Gasteiger partial charge in [-0.25, -0.2) is 0 Å². The van der Waals surface area contributed by atoms with Crippen molar-refractivity contribution in [3.05, 3.63) is 199 Å². The van der Waals surface area contributed by atoms with E-state index < -0.39 is 6.04 Å². The summed E-state index contributed by atoms with van der Waals surface area (Å²) in [5.74, 6) is 1.28. The number of anilines is 3. The molecule has 1 aliphatic carbocycles. The van der Waals surface area contributed by atoms with Crippen molar-refractivity contribution in [2.75, 3.05) is 4.90 Å². The van der Waals surface area contributed by atoms with E-state index in [-0.39, 0.29) is 35.1 Å². The zero-order valence-electron chi connectivity index (χ0n) is 34.4. The Bertz CT molecular complexity index is 2930. The topological polar surface area (TPSA) is 12.5 Å². The fourth-order valence-electron chi connectivity index (χ4n) is 8.15. The van der Waals surface area contributed by atoms with E-state index in [0.717, 1.165) is 50.4 Å². The van der Waals surface area contributed by atoms with Crippen LogP contribution in [0.15, 0.2) is 188 Å². The van der Waals surface area contributed by atoms with Gasteiger partial charge in [0.25, 0.3) is 0 Å². The number of benzene rings is 8. The number of para-hydroxylation sites is 1. The smallest absolute Gasteiger partial charge is 0.159 e. The molecule has 0 unspecified atom stereocenters. The molecule has 0 bridgehead atoms.